The van der Waals surface area contributed by atoms with Gasteiger partial charge in [-0.3, -0.25) is 14.6 Å². The number of primary amides is 2. The van der Waals surface area contributed by atoms with Crippen LogP contribution in [0, 0.1) is 6.92 Å². The summed E-state index contributed by atoms with van der Waals surface area (Å²) in [6.45, 7) is 4.02. The molecule has 1 unspecified atom stereocenters. The quantitative estimate of drug-likeness (QED) is 0.872. The van der Waals surface area contributed by atoms with Crippen molar-refractivity contribution in [3.05, 3.63) is 71.9 Å². The first-order valence-electron chi connectivity index (χ1n) is 5.97. The molecule has 0 aliphatic carbocycles. The van der Waals surface area contributed by atoms with Crippen LogP contribution < -0.4 is 11.5 Å². The van der Waals surface area contributed by atoms with Gasteiger partial charge in [0, 0.05) is 23.9 Å². The van der Waals surface area contributed by atoms with Gasteiger partial charge in [0.25, 0.3) is 0 Å². The minimum atomic E-state index is -0.560. The van der Waals surface area contributed by atoms with Crippen LogP contribution >= 0.6 is 0 Å². The molecule has 1 aromatic heterocycles. The zero-order valence-corrected chi connectivity index (χ0v) is 10.7. The van der Waals surface area contributed by atoms with Gasteiger partial charge in [-0.05, 0) is 30.2 Å². The Kier molecular flexibility index (Phi) is 3.79. The number of carbonyl (C=O) groups excluding carboxylic acids is 2. The number of hydrogen-bond acceptors (Lipinski definition) is 3. The first-order valence-corrected chi connectivity index (χ1v) is 5.97. The Hall–Kier alpha value is -2.69. The Morgan fingerprint density at radius 3 is 2.45 bits per heavy atom. The maximum atomic E-state index is 11.4. The monoisotopic (exact) mass is 268 g/mol. The fourth-order valence-electron chi connectivity index (χ4n) is 1.99. The summed E-state index contributed by atoms with van der Waals surface area (Å²) in [4.78, 5) is 26.6. The van der Waals surface area contributed by atoms with Crippen LogP contribution in [0.1, 0.15) is 37.8 Å². The second-order valence-corrected chi connectivity index (χ2v) is 4.38. The number of benzene rings is 1. The summed E-state index contributed by atoms with van der Waals surface area (Å²) in [5, 5.41) is 0. The molecule has 5 nitrogen and oxygen atoms in total. The summed E-state index contributed by atoms with van der Waals surface area (Å²) in [6, 6.07) is 8.56. The SMILES string of the molecule is [CH2]C(c1cncc(C(N)=O)c1)c1ccccc1C(N)=O. The van der Waals surface area contributed by atoms with Crippen LogP contribution in [0.25, 0.3) is 0 Å². The van der Waals surface area contributed by atoms with Crippen molar-refractivity contribution in [1.82, 2.24) is 4.98 Å². The summed E-state index contributed by atoms with van der Waals surface area (Å²) in [5.74, 6) is -1.45. The van der Waals surface area contributed by atoms with Crippen LogP contribution in [0.2, 0.25) is 0 Å². The molecule has 5 heteroatoms. The van der Waals surface area contributed by atoms with Crippen LogP contribution in [0.5, 0.6) is 0 Å². The van der Waals surface area contributed by atoms with E-state index in [9.17, 15) is 9.59 Å². The van der Waals surface area contributed by atoms with E-state index in [0.29, 0.717) is 22.3 Å². The average molecular weight is 268 g/mol. The van der Waals surface area contributed by atoms with Crippen LogP contribution in [0.15, 0.2) is 42.7 Å². The van der Waals surface area contributed by atoms with E-state index >= 15 is 0 Å². The highest BCUT2D eigenvalue weighted by Crippen LogP contribution is 2.26. The van der Waals surface area contributed by atoms with Gasteiger partial charge in [-0.15, -0.1) is 0 Å². The van der Waals surface area contributed by atoms with Gasteiger partial charge >= 0.3 is 0 Å². The van der Waals surface area contributed by atoms with Gasteiger partial charge in [-0.25, -0.2) is 0 Å². The van der Waals surface area contributed by atoms with Gasteiger partial charge in [0.05, 0.1) is 5.56 Å². The largest absolute Gasteiger partial charge is 0.366 e. The third kappa shape index (κ3) is 2.66. The van der Waals surface area contributed by atoms with Gasteiger partial charge < -0.3 is 11.5 Å². The van der Waals surface area contributed by atoms with Gasteiger partial charge in [-0.1, -0.05) is 18.2 Å². The minimum Gasteiger partial charge on any atom is -0.366 e. The van der Waals surface area contributed by atoms with E-state index in [4.69, 9.17) is 11.5 Å². The van der Waals surface area contributed by atoms with Crippen LogP contribution in [0.3, 0.4) is 0 Å². The normalized spacial score (nSPS) is 11.8. The maximum absolute atomic E-state index is 11.4. The topological polar surface area (TPSA) is 99.1 Å². The van der Waals surface area contributed by atoms with Crippen LogP contribution in [0.4, 0.5) is 0 Å². The van der Waals surface area contributed by atoms with E-state index in [1.807, 2.05) is 0 Å². The van der Waals surface area contributed by atoms with Crippen molar-refractivity contribution in [2.45, 2.75) is 5.92 Å². The molecule has 0 saturated carbocycles. The Labute approximate surface area is 116 Å². The summed E-state index contributed by atoms with van der Waals surface area (Å²) < 4.78 is 0. The molecule has 4 N–H and O–H groups in total. The zero-order chi connectivity index (χ0) is 14.7. The van der Waals surface area contributed by atoms with E-state index < -0.39 is 11.8 Å². The Morgan fingerprint density at radius 1 is 1.10 bits per heavy atom. The van der Waals surface area contributed by atoms with Gasteiger partial charge in [0.15, 0.2) is 0 Å². The molecule has 1 radical (unpaired) electrons. The van der Waals surface area contributed by atoms with E-state index in [-0.39, 0.29) is 5.92 Å². The van der Waals surface area contributed by atoms with Crippen LogP contribution in [-0.4, -0.2) is 16.8 Å². The number of carbonyl (C=O) groups is 2. The second-order valence-electron chi connectivity index (χ2n) is 4.38. The molecule has 0 aliphatic heterocycles. The molecule has 0 fully saturated rings. The second kappa shape index (κ2) is 5.52. The standard InChI is InChI=1S/C15H14N3O2/c1-9(10-6-11(14(16)19)8-18-7-10)12-4-2-3-5-13(12)15(17)20/h2-9H,1H2,(H2,16,19)(H2,17,20). The highest BCUT2D eigenvalue weighted by Gasteiger charge is 2.16. The first kappa shape index (κ1) is 13.7. The lowest BCUT2D eigenvalue weighted by Gasteiger charge is -2.15. The van der Waals surface area contributed by atoms with E-state index in [1.165, 1.54) is 6.20 Å². The van der Waals surface area contributed by atoms with Gasteiger partial charge in [-0.2, -0.15) is 0 Å². The number of nitrogens with two attached hydrogens (primary N) is 2. The Balaban J connectivity index is 2.46. The van der Waals surface area contributed by atoms with Crippen molar-refractivity contribution in [1.29, 1.82) is 0 Å². The fraction of sp³-hybridized carbons (Fsp3) is 0.0667. The van der Waals surface area contributed by atoms with E-state index in [1.54, 1.807) is 36.5 Å². The van der Waals surface area contributed by atoms with Crippen molar-refractivity contribution < 1.29 is 9.59 Å². The molecular weight excluding hydrogens is 254 g/mol. The average Bonchev–Trinajstić information content (AvgIpc) is 2.46. The molecule has 2 amide bonds. The molecule has 20 heavy (non-hydrogen) atoms. The number of rotatable bonds is 4. The smallest absolute Gasteiger partial charge is 0.250 e. The van der Waals surface area contributed by atoms with Crippen molar-refractivity contribution >= 4 is 11.8 Å². The van der Waals surface area contributed by atoms with E-state index in [2.05, 4.69) is 11.9 Å². The molecule has 1 aromatic carbocycles. The fourth-order valence-corrected chi connectivity index (χ4v) is 1.99. The molecule has 2 aromatic rings. The van der Waals surface area contributed by atoms with Gasteiger partial charge in [0.2, 0.25) is 11.8 Å². The lowest BCUT2D eigenvalue weighted by molar-refractivity contribution is 0.0990. The van der Waals surface area contributed by atoms with Crippen molar-refractivity contribution in [2.24, 2.45) is 11.5 Å². The Morgan fingerprint density at radius 2 is 1.80 bits per heavy atom. The molecule has 0 aliphatic rings. The highest BCUT2D eigenvalue weighted by atomic mass is 16.1. The number of nitrogens with zero attached hydrogens (tertiary/aromatic N) is 1. The van der Waals surface area contributed by atoms with Crippen LogP contribution in [-0.2, 0) is 0 Å². The number of amides is 2. The molecule has 101 valence electrons. The van der Waals surface area contributed by atoms with Crippen molar-refractivity contribution in [3.8, 4) is 0 Å². The molecule has 1 atom stereocenters. The van der Waals surface area contributed by atoms with E-state index in [0.717, 1.165) is 0 Å². The summed E-state index contributed by atoms with van der Waals surface area (Å²) in [6.07, 6.45) is 2.97. The summed E-state index contributed by atoms with van der Waals surface area (Å²) in [5.41, 5.74) is 12.7. The van der Waals surface area contributed by atoms with Crippen molar-refractivity contribution in [3.63, 3.8) is 0 Å². The molecule has 0 spiro atoms. The third-order valence-electron chi connectivity index (χ3n) is 3.05. The summed E-state index contributed by atoms with van der Waals surface area (Å²) in [7, 11) is 0. The predicted octanol–water partition coefficient (Wildman–Crippen LogP) is 1.25. The Bertz CT molecular complexity index is 668. The number of aromatic nitrogens is 1. The third-order valence-corrected chi connectivity index (χ3v) is 3.05. The highest BCUT2D eigenvalue weighted by molar-refractivity contribution is 5.95. The predicted molar refractivity (Wildman–Crippen MR) is 74.9 cm³/mol. The van der Waals surface area contributed by atoms with Gasteiger partial charge in [0.1, 0.15) is 0 Å². The lowest BCUT2D eigenvalue weighted by atomic mass is 9.90. The first-order chi connectivity index (χ1) is 9.50. The zero-order valence-electron chi connectivity index (χ0n) is 10.7. The number of pyridine rings is 1. The molecule has 0 saturated heterocycles. The molecular formula is C15H14N3O2. The molecule has 0 bridgehead atoms. The molecule has 2 rings (SSSR count). The van der Waals surface area contributed by atoms with Crippen molar-refractivity contribution in [2.75, 3.05) is 0 Å². The summed E-state index contributed by atoms with van der Waals surface area (Å²) >= 11 is 0. The maximum Gasteiger partial charge on any atom is 0.250 e. The minimum absolute atomic E-state index is 0.299. The molecule has 1 heterocycles. The number of hydrogen-bond donors (Lipinski definition) is 2. The lowest BCUT2D eigenvalue weighted by Crippen LogP contribution is -2.16.